The summed E-state index contributed by atoms with van der Waals surface area (Å²) >= 11 is 0. The average Bonchev–Trinajstić information content (AvgIpc) is 2.53. The van der Waals surface area contributed by atoms with E-state index in [1.165, 1.54) is 0 Å². The standard InChI is InChI=1S/C20H32O4Si/c1-19(2,3)25(20(4,5)6)22-13-17-18(24-25)15(21)12-16(23-17)14-10-8-7-9-11-14/h7-11,15-18,21H,12-13H2,1-6H3/t15-,16-,17+,18-/m0/s1. The van der Waals surface area contributed by atoms with Gasteiger partial charge in [-0.3, -0.25) is 0 Å². The van der Waals surface area contributed by atoms with E-state index >= 15 is 0 Å². The van der Waals surface area contributed by atoms with Crippen LogP contribution in [0.25, 0.3) is 0 Å². The highest BCUT2D eigenvalue weighted by atomic mass is 28.4. The van der Waals surface area contributed by atoms with Crippen LogP contribution in [0.1, 0.15) is 59.6 Å². The number of hydrogen-bond donors (Lipinski definition) is 1. The first-order valence-electron chi connectivity index (χ1n) is 9.25. The summed E-state index contributed by atoms with van der Waals surface area (Å²) < 4.78 is 19.4. The van der Waals surface area contributed by atoms with Crippen LogP contribution in [0.3, 0.4) is 0 Å². The molecule has 0 amide bonds. The van der Waals surface area contributed by atoms with E-state index in [0.29, 0.717) is 13.0 Å². The van der Waals surface area contributed by atoms with Crippen molar-refractivity contribution in [1.82, 2.24) is 0 Å². The molecule has 2 heterocycles. The van der Waals surface area contributed by atoms with E-state index in [9.17, 15) is 5.11 Å². The summed E-state index contributed by atoms with van der Waals surface area (Å²) in [5.41, 5.74) is 1.10. The molecular weight excluding hydrogens is 332 g/mol. The number of hydrogen-bond acceptors (Lipinski definition) is 4. The molecule has 140 valence electrons. The third-order valence-corrected chi connectivity index (χ3v) is 10.6. The van der Waals surface area contributed by atoms with Crippen LogP contribution in [0.15, 0.2) is 30.3 Å². The molecule has 0 radical (unpaired) electrons. The number of benzene rings is 1. The molecule has 1 N–H and O–H groups in total. The second kappa shape index (κ2) is 6.46. The normalized spacial score (nSPS) is 32.9. The number of ether oxygens (including phenoxy) is 1. The molecule has 1 aromatic rings. The quantitative estimate of drug-likeness (QED) is 0.753. The van der Waals surface area contributed by atoms with Crippen molar-refractivity contribution in [2.24, 2.45) is 0 Å². The van der Waals surface area contributed by atoms with Gasteiger partial charge in [0.25, 0.3) is 0 Å². The molecule has 0 saturated carbocycles. The van der Waals surface area contributed by atoms with Crippen LogP contribution in [0, 0.1) is 0 Å². The molecular formula is C20H32O4Si. The minimum absolute atomic E-state index is 0.0911. The Morgan fingerprint density at radius 1 is 1.00 bits per heavy atom. The van der Waals surface area contributed by atoms with Gasteiger partial charge in [-0.25, -0.2) is 0 Å². The van der Waals surface area contributed by atoms with Gasteiger partial charge in [-0.1, -0.05) is 71.9 Å². The first-order chi connectivity index (χ1) is 11.6. The Morgan fingerprint density at radius 3 is 2.16 bits per heavy atom. The van der Waals surface area contributed by atoms with Gasteiger partial charge < -0.3 is 18.7 Å². The summed E-state index contributed by atoms with van der Waals surface area (Å²) in [7, 11) is -2.58. The topological polar surface area (TPSA) is 47.9 Å². The molecule has 4 nitrogen and oxygen atoms in total. The van der Waals surface area contributed by atoms with E-state index in [4.69, 9.17) is 13.6 Å². The van der Waals surface area contributed by atoms with Gasteiger partial charge in [-0.15, -0.1) is 0 Å². The van der Waals surface area contributed by atoms with Crippen LogP contribution in [0.4, 0.5) is 0 Å². The van der Waals surface area contributed by atoms with Gasteiger partial charge in [-0.2, -0.15) is 0 Å². The van der Waals surface area contributed by atoms with Crippen molar-refractivity contribution in [3.8, 4) is 0 Å². The fraction of sp³-hybridized carbons (Fsp3) is 0.700. The zero-order chi connectivity index (χ0) is 18.5. The van der Waals surface area contributed by atoms with Gasteiger partial charge in [0, 0.05) is 16.5 Å². The van der Waals surface area contributed by atoms with E-state index in [1.54, 1.807) is 0 Å². The molecule has 2 fully saturated rings. The third-order valence-electron chi connectivity index (χ3n) is 5.44. The van der Waals surface area contributed by atoms with Crippen molar-refractivity contribution in [2.45, 2.75) is 82.5 Å². The molecule has 2 saturated heterocycles. The van der Waals surface area contributed by atoms with Gasteiger partial charge in [-0.05, 0) is 5.56 Å². The second-order valence-electron chi connectivity index (χ2n) is 9.39. The lowest BCUT2D eigenvalue weighted by molar-refractivity contribution is -0.203. The van der Waals surface area contributed by atoms with Crippen molar-refractivity contribution in [2.75, 3.05) is 6.61 Å². The predicted molar refractivity (Wildman–Crippen MR) is 101 cm³/mol. The second-order valence-corrected chi connectivity index (χ2v) is 14.1. The van der Waals surface area contributed by atoms with E-state index in [2.05, 4.69) is 41.5 Å². The van der Waals surface area contributed by atoms with Gasteiger partial charge >= 0.3 is 8.56 Å². The Bertz CT molecular complexity index is 576. The fourth-order valence-electron chi connectivity index (χ4n) is 4.45. The van der Waals surface area contributed by atoms with Crippen LogP contribution in [-0.4, -0.2) is 38.6 Å². The smallest absolute Gasteiger partial charge is 0.349 e. The van der Waals surface area contributed by atoms with Crippen LogP contribution in [0.2, 0.25) is 10.1 Å². The number of rotatable bonds is 1. The molecule has 25 heavy (non-hydrogen) atoms. The highest BCUT2D eigenvalue weighted by molar-refractivity contribution is 6.73. The first kappa shape index (κ1) is 19.0. The molecule has 3 rings (SSSR count). The highest BCUT2D eigenvalue weighted by Crippen LogP contribution is 2.55. The molecule has 5 heteroatoms. The van der Waals surface area contributed by atoms with Gasteiger partial charge in [0.2, 0.25) is 0 Å². The maximum Gasteiger partial charge on any atom is 0.349 e. The molecule has 2 aliphatic heterocycles. The molecule has 2 aliphatic rings. The monoisotopic (exact) mass is 364 g/mol. The Balaban J connectivity index is 1.84. The third kappa shape index (κ3) is 3.33. The van der Waals surface area contributed by atoms with Crippen molar-refractivity contribution in [3.63, 3.8) is 0 Å². The summed E-state index contributed by atoms with van der Waals surface area (Å²) in [4.78, 5) is 0. The molecule has 0 aromatic heterocycles. The zero-order valence-electron chi connectivity index (χ0n) is 16.3. The maximum absolute atomic E-state index is 10.9. The minimum atomic E-state index is -2.58. The number of fused-ring (bicyclic) bond motifs is 1. The number of aliphatic hydroxyl groups is 1. The van der Waals surface area contributed by atoms with E-state index in [0.717, 1.165) is 5.56 Å². The molecule has 0 spiro atoms. The molecule has 0 bridgehead atoms. The van der Waals surface area contributed by atoms with Gasteiger partial charge in [0.15, 0.2) is 0 Å². The Kier molecular flexibility index (Phi) is 4.92. The lowest BCUT2D eigenvalue weighted by Gasteiger charge is -2.56. The Hall–Kier alpha value is -0.723. The van der Waals surface area contributed by atoms with Crippen LogP contribution >= 0.6 is 0 Å². The minimum Gasteiger partial charge on any atom is -0.391 e. The van der Waals surface area contributed by atoms with Crippen molar-refractivity contribution >= 4 is 8.56 Å². The zero-order valence-corrected chi connectivity index (χ0v) is 17.3. The van der Waals surface area contributed by atoms with Crippen molar-refractivity contribution < 1.29 is 18.7 Å². The van der Waals surface area contributed by atoms with E-state index in [-0.39, 0.29) is 28.4 Å². The predicted octanol–water partition coefficient (Wildman–Crippen LogP) is 4.34. The van der Waals surface area contributed by atoms with Crippen molar-refractivity contribution in [3.05, 3.63) is 35.9 Å². The van der Waals surface area contributed by atoms with Crippen molar-refractivity contribution in [1.29, 1.82) is 0 Å². The molecule has 0 aliphatic carbocycles. The summed E-state index contributed by atoms with van der Waals surface area (Å²) in [5, 5.41) is 10.7. The first-order valence-corrected chi connectivity index (χ1v) is 11.1. The van der Waals surface area contributed by atoms with Gasteiger partial charge in [0.1, 0.15) is 12.2 Å². The van der Waals surface area contributed by atoms with E-state index in [1.807, 2.05) is 30.3 Å². The van der Waals surface area contributed by atoms with Gasteiger partial charge in [0.05, 0.1) is 18.8 Å². The number of aliphatic hydroxyl groups excluding tert-OH is 1. The Labute approximate surface area is 152 Å². The molecule has 4 atom stereocenters. The highest BCUT2D eigenvalue weighted by Gasteiger charge is 2.63. The molecule has 1 aromatic carbocycles. The summed E-state index contributed by atoms with van der Waals surface area (Å²) in [6.45, 7) is 13.6. The van der Waals surface area contributed by atoms with Crippen LogP contribution in [0.5, 0.6) is 0 Å². The maximum atomic E-state index is 10.9. The largest absolute Gasteiger partial charge is 0.391 e. The summed E-state index contributed by atoms with van der Waals surface area (Å²) in [5.74, 6) is 0. The van der Waals surface area contributed by atoms with E-state index < -0.39 is 14.7 Å². The van der Waals surface area contributed by atoms with Crippen LogP contribution < -0.4 is 0 Å². The Morgan fingerprint density at radius 2 is 1.60 bits per heavy atom. The average molecular weight is 365 g/mol. The fourth-order valence-corrected chi connectivity index (χ4v) is 9.44. The summed E-state index contributed by atoms with van der Waals surface area (Å²) in [6.07, 6.45) is -0.616. The van der Waals surface area contributed by atoms with Crippen LogP contribution in [-0.2, 0) is 13.6 Å². The SMILES string of the molecule is CC(C)(C)[Si]1(C(C)(C)C)OC[C@H]2O[C@H](c3ccccc3)C[C@H](O)[C@@H]2O1. The lowest BCUT2D eigenvalue weighted by atomic mass is 9.94. The molecule has 0 unspecified atom stereocenters. The summed E-state index contributed by atoms with van der Waals surface area (Å²) in [6, 6.07) is 10.1. The lowest BCUT2D eigenvalue weighted by Crippen LogP contribution is -2.68.